The molecule has 0 aromatic heterocycles. The first-order valence-corrected chi connectivity index (χ1v) is 10.5. The highest BCUT2D eigenvalue weighted by Crippen LogP contribution is 2.24. The van der Waals surface area contributed by atoms with Crippen LogP contribution in [0.5, 0.6) is 0 Å². The predicted octanol–water partition coefficient (Wildman–Crippen LogP) is 2.12. The number of nitrogens with one attached hydrogen (secondary N) is 1. The number of rotatable bonds is 6. The summed E-state index contributed by atoms with van der Waals surface area (Å²) in [7, 11) is 0. The van der Waals surface area contributed by atoms with E-state index >= 15 is 0 Å². The number of carbonyl (C=O) groups excluding carboxylic acids is 2. The molecule has 6 nitrogen and oxygen atoms in total. The molecule has 2 aromatic carbocycles. The third-order valence-corrected chi connectivity index (χ3v) is 5.86. The van der Waals surface area contributed by atoms with Crippen LogP contribution >= 0.6 is 0 Å². The van der Waals surface area contributed by atoms with Crippen LogP contribution in [0.25, 0.3) is 0 Å². The van der Waals surface area contributed by atoms with Crippen molar-refractivity contribution in [2.24, 2.45) is 5.92 Å². The summed E-state index contributed by atoms with van der Waals surface area (Å²) in [6.45, 7) is 5.35. The van der Waals surface area contributed by atoms with Crippen molar-refractivity contribution < 1.29 is 14.0 Å². The van der Waals surface area contributed by atoms with Gasteiger partial charge in [-0.25, -0.2) is 4.39 Å². The summed E-state index contributed by atoms with van der Waals surface area (Å²) in [4.78, 5) is 31.1. The maximum atomic E-state index is 13.1. The quantitative estimate of drug-likeness (QED) is 0.793. The topological polar surface area (TPSA) is 55.9 Å². The van der Waals surface area contributed by atoms with Crippen molar-refractivity contribution in [2.45, 2.75) is 6.42 Å². The number of carbonyl (C=O) groups is 2. The molecule has 0 spiro atoms. The second kappa shape index (κ2) is 9.26. The first-order valence-electron chi connectivity index (χ1n) is 10.5. The number of piperazine rings is 1. The van der Waals surface area contributed by atoms with Gasteiger partial charge >= 0.3 is 0 Å². The summed E-state index contributed by atoms with van der Waals surface area (Å²) >= 11 is 0. The lowest BCUT2D eigenvalue weighted by Gasteiger charge is -2.36. The molecule has 2 amide bonds. The number of para-hydroxylation sites is 1. The number of anilines is 2. The smallest absolute Gasteiger partial charge is 0.227 e. The average Bonchev–Trinajstić information content (AvgIpc) is 3.17. The SMILES string of the molecule is O=C(NCCN1CCN(c2ccc(F)cc2)CC1)[C@@H]1CC(=O)N(c2ccccc2)C1. The zero-order chi connectivity index (χ0) is 20.9. The maximum Gasteiger partial charge on any atom is 0.227 e. The van der Waals surface area contributed by atoms with Gasteiger partial charge < -0.3 is 15.1 Å². The van der Waals surface area contributed by atoms with Gasteiger partial charge in [-0.05, 0) is 36.4 Å². The van der Waals surface area contributed by atoms with Crippen LogP contribution in [0.2, 0.25) is 0 Å². The van der Waals surface area contributed by atoms with Crippen LogP contribution < -0.4 is 15.1 Å². The third kappa shape index (κ3) is 4.79. The maximum absolute atomic E-state index is 13.1. The van der Waals surface area contributed by atoms with E-state index in [9.17, 15) is 14.0 Å². The molecule has 2 aliphatic heterocycles. The lowest BCUT2D eigenvalue weighted by Crippen LogP contribution is -2.48. The minimum Gasteiger partial charge on any atom is -0.369 e. The lowest BCUT2D eigenvalue weighted by molar-refractivity contribution is -0.126. The minimum atomic E-state index is -0.298. The molecule has 30 heavy (non-hydrogen) atoms. The summed E-state index contributed by atoms with van der Waals surface area (Å²) in [5, 5.41) is 3.00. The molecule has 0 radical (unpaired) electrons. The highest BCUT2D eigenvalue weighted by Gasteiger charge is 2.34. The number of benzene rings is 2. The molecule has 4 rings (SSSR count). The number of halogens is 1. The zero-order valence-corrected chi connectivity index (χ0v) is 17.0. The molecule has 2 aliphatic rings. The molecule has 1 atom stereocenters. The lowest BCUT2D eigenvalue weighted by atomic mass is 10.1. The van der Waals surface area contributed by atoms with Gasteiger partial charge in [-0.3, -0.25) is 14.5 Å². The van der Waals surface area contributed by atoms with E-state index in [1.165, 1.54) is 12.1 Å². The van der Waals surface area contributed by atoms with Crippen LogP contribution in [0.1, 0.15) is 6.42 Å². The van der Waals surface area contributed by atoms with E-state index in [0.29, 0.717) is 13.1 Å². The van der Waals surface area contributed by atoms with Gasteiger partial charge in [0.05, 0.1) is 5.92 Å². The van der Waals surface area contributed by atoms with Crippen molar-refractivity contribution >= 4 is 23.2 Å². The Morgan fingerprint density at radius 3 is 2.37 bits per heavy atom. The summed E-state index contributed by atoms with van der Waals surface area (Å²) in [6, 6.07) is 16.1. The largest absolute Gasteiger partial charge is 0.369 e. The van der Waals surface area contributed by atoms with Gasteiger partial charge in [0.2, 0.25) is 11.8 Å². The van der Waals surface area contributed by atoms with Crippen LogP contribution in [0, 0.1) is 11.7 Å². The fourth-order valence-electron chi connectivity index (χ4n) is 4.10. The van der Waals surface area contributed by atoms with Crippen molar-refractivity contribution in [3.05, 3.63) is 60.4 Å². The Morgan fingerprint density at radius 2 is 1.67 bits per heavy atom. The molecule has 0 saturated carbocycles. The van der Waals surface area contributed by atoms with Crippen molar-refractivity contribution in [1.29, 1.82) is 0 Å². The second-order valence-corrected chi connectivity index (χ2v) is 7.84. The molecule has 0 aliphatic carbocycles. The van der Waals surface area contributed by atoms with Crippen LogP contribution in [0.15, 0.2) is 54.6 Å². The van der Waals surface area contributed by atoms with Gasteiger partial charge in [0, 0.05) is 63.6 Å². The van der Waals surface area contributed by atoms with Crippen LogP contribution in [0.3, 0.4) is 0 Å². The van der Waals surface area contributed by atoms with Crippen molar-refractivity contribution in [3.63, 3.8) is 0 Å². The van der Waals surface area contributed by atoms with Gasteiger partial charge in [-0.2, -0.15) is 0 Å². The summed E-state index contributed by atoms with van der Waals surface area (Å²) in [5.41, 5.74) is 1.88. The fourth-order valence-corrected chi connectivity index (χ4v) is 4.10. The Kier molecular flexibility index (Phi) is 6.28. The van der Waals surface area contributed by atoms with Crippen LogP contribution in [-0.2, 0) is 9.59 Å². The number of amides is 2. The Hall–Kier alpha value is -2.93. The van der Waals surface area contributed by atoms with E-state index < -0.39 is 0 Å². The first kappa shape index (κ1) is 20.3. The predicted molar refractivity (Wildman–Crippen MR) is 115 cm³/mol. The summed E-state index contributed by atoms with van der Waals surface area (Å²) < 4.78 is 13.1. The van der Waals surface area contributed by atoms with E-state index in [-0.39, 0.29) is 30.0 Å². The molecule has 7 heteroatoms. The number of hydrogen-bond donors (Lipinski definition) is 1. The molecule has 2 fully saturated rings. The Labute approximate surface area is 176 Å². The van der Waals surface area contributed by atoms with Gasteiger partial charge in [0.25, 0.3) is 0 Å². The number of hydrogen-bond acceptors (Lipinski definition) is 4. The van der Waals surface area contributed by atoms with Crippen LogP contribution in [0.4, 0.5) is 15.8 Å². The monoisotopic (exact) mass is 410 g/mol. The van der Waals surface area contributed by atoms with E-state index in [4.69, 9.17) is 0 Å². The van der Waals surface area contributed by atoms with Gasteiger partial charge in [0.1, 0.15) is 5.82 Å². The molecule has 1 N–H and O–H groups in total. The molecule has 0 bridgehead atoms. The van der Waals surface area contributed by atoms with Crippen LogP contribution in [-0.4, -0.2) is 62.5 Å². The van der Waals surface area contributed by atoms with E-state index in [2.05, 4.69) is 15.1 Å². The summed E-state index contributed by atoms with van der Waals surface area (Å²) in [5.74, 6) is -0.568. The average molecular weight is 410 g/mol. The standard InChI is InChI=1S/C23H27FN4O2/c24-19-6-8-20(9-7-19)27-14-12-26(13-15-27)11-10-25-23(30)18-16-22(29)28(17-18)21-4-2-1-3-5-21/h1-9,18H,10-17H2,(H,25,30)/t18-/m1/s1. The Balaban J connectivity index is 1.18. The van der Waals surface area contributed by atoms with Crippen molar-refractivity contribution in [1.82, 2.24) is 10.2 Å². The van der Waals surface area contributed by atoms with Gasteiger partial charge in [-0.1, -0.05) is 18.2 Å². The number of nitrogens with zero attached hydrogens (tertiary/aromatic N) is 3. The highest BCUT2D eigenvalue weighted by atomic mass is 19.1. The summed E-state index contributed by atoms with van der Waals surface area (Å²) in [6.07, 6.45) is 0.261. The van der Waals surface area contributed by atoms with E-state index in [0.717, 1.165) is 44.1 Å². The van der Waals surface area contributed by atoms with Gasteiger partial charge in [-0.15, -0.1) is 0 Å². The van der Waals surface area contributed by atoms with Crippen molar-refractivity contribution in [2.75, 3.05) is 55.6 Å². The minimum absolute atomic E-state index is 0.00161. The fraction of sp³-hybridized carbons (Fsp3) is 0.391. The van der Waals surface area contributed by atoms with Gasteiger partial charge in [0.15, 0.2) is 0 Å². The van der Waals surface area contributed by atoms with E-state index in [1.807, 2.05) is 42.5 Å². The molecule has 158 valence electrons. The third-order valence-electron chi connectivity index (χ3n) is 5.86. The molecule has 0 unspecified atom stereocenters. The normalized spacial score (nSPS) is 19.9. The molecule has 2 heterocycles. The molecular weight excluding hydrogens is 383 g/mol. The molecule has 2 aromatic rings. The first-order chi connectivity index (χ1) is 14.6. The highest BCUT2D eigenvalue weighted by molar-refractivity contribution is 6.00. The Bertz CT molecular complexity index is 867. The second-order valence-electron chi connectivity index (χ2n) is 7.84. The molecule has 2 saturated heterocycles. The van der Waals surface area contributed by atoms with E-state index in [1.54, 1.807) is 4.90 Å². The zero-order valence-electron chi connectivity index (χ0n) is 17.0. The van der Waals surface area contributed by atoms with Crippen molar-refractivity contribution in [3.8, 4) is 0 Å². The Morgan fingerprint density at radius 1 is 0.967 bits per heavy atom. The molecular formula is C23H27FN4O2.